The van der Waals surface area contributed by atoms with Crippen LogP contribution in [0.2, 0.25) is 0 Å². The van der Waals surface area contributed by atoms with Crippen LogP contribution in [0.4, 0.5) is 0 Å². The van der Waals surface area contributed by atoms with Crippen molar-refractivity contribution in [2.24, 2.45) is 0 Å². The van der Waals surface area contributed by atoms with Crippen LogP contribution in [-0.4, -0.2) is 28.0 Å². The molecule has 0 spiro atoms. The Labute approximate surface area is 138 Å². The quantitative estimate of drug-likeness (QED) is 0.620. The van der Waals surface area contributed by atoms with Crippen LogP contribution in [0.1, 0.15) is 12.8 Å². The molecule has 1 aliphatic heterocycles. The largest absolute Gasteiger partial charge is 0.376 e. The van der Waals surface area contributed by atoms with Crippen molar-refractivity contribution in [1.82, 2.24) is 9.55 Å². The first-order valence-electron chi connectivity index (χ1n) is 7.22. The van der Waals surface area contributed by atoms with E-state index in [-0.39, 0.29) is 11.7 Å². The molecule has 0 saturated carbocycles. The van der Waals surface area contributed by atoms with Crippen LogP contribution in [0.15, 0.2) is 45.8 Å². The monoisotopic (exact) mass is 336 g/mol. The Hall–Kier alpha value is -1.30. The van der Waals surface area contributed by atoms with Crippen LogP contribution in [0, 0.1) is 0 Å². The number of benzene rings is 1. The highest BCUT2D eigenvalue weighted by atomic mass is 35.5. The fourth-order valence-corrected chi connectivity index (χ4v) is 3.48. The summed E-state index contributed by atoms with van der Waals surface area (Å²) in [6.07, 6.45) is 2.10. The van der Waals surface area contributed by atoms with Gasteiger partial charge in [-0.15, -0.1) is 0 Å². The van der Waals surface area contributed by atoms with Crippen LogP contribution >= 0.6 is 23.4 Å². The van der Waals surface area contributed by atoms with Gasteiger partial charge in [0, 0.05) is 17.4 Å². The molecular weight excluding hydrogens is 320 g/mol. The second-order valence-electron chi connectivity index (χ2n) is 5.27. The molecule has 1 aromatic carbocycles. The SMILES string of the molecule is C=C(Cl)CSc1nc2ccccc2c(=O)n1CC1CCCO1. The summed E-state index contributed by atoms with van der Waals surface area (Å²) in [6.45, 7) is 4.99. The highest BCUT2D eigenvalue weighted by Gasteiger charge is 2.20. The molecule has 0 bridgehead atoms. The van der Waals surface area contributed by atoms with E-state index in [1.165, 1.54) is 11.8 Å². The zero-order valence-corrected chi connectivity index (χ0v) is 13.7. The van der Waals surface area contributed by atoms with Crippen LogP contribution in [0.5, 0.6) is 0 Å². The van der Waals surface area contributed by atoms with E-state index < -0.39 is 0 Å². The summed E-state index contributed by atoms with van der Waals surface area (Å²) in [4.78, 5) is 17.4. The Morgan fingerprint density at radius 1 is 1.50 bits per heavy atom. The molecule has 2 aromatic rings. The lowest BCUT2D eigenvalue weighted by Gasteiger charge is -2.16. The van der Waals surface area contributed by atoms with Gasteiger partial charge in [0.05, 0.1) is 23.6 Å². The van der Waals surface area contributed by atoms with Crippen molar-refractivity contribution in [2.75, 3.05) is 12.4 Å². The van der Waals surface area contributed by atoms with Gasteiger partial charge in [-0.3, -0.25) is 9.36 Å². The molecule has 3 rings (SSSR count). The molecule has 1 aliphatic rings. The number of thioether (sulfide) groups is 1. The van der Waals surface area contributed by atoms with Crippen molar-refractivity contribution in [3.8, 4) is 0 Å². The van der Waals surface area contributed by atoms with Gasteiger partial charge < -0.3 is 4.74 Å². The lowest BCUT2D eigenvalue weighted by atomic mass is 10.2. The molecule has 0 radical (unpaired) electrons. The Kier molecular flexibility index (Phi) is 4.86. The molecule has 1 aromatic heterocycles. The van der Waals surface area contributed by atoms with E-state index in [1.54, 1.807) is 4.57 Å². The Balaban J connectivity index is 2.03. The molecule has 0 N–H and O–H groups in total. The van der Waals surface area contributed by atoms with Crippen molar-refractivity contribution in [1.29, 1.82) is 0 Å². The Morgan fingerprint density at radius 3 is 3.05 bits per heavy atom. The zero-order chi connectivity index (χ0) is 15.5. The average Bonchev–Trinajstić information content (AvgIpc) is 3.01. The van der Waals surface area contributed by atoms with Gasteiger partial charge in [-0.1, -0.05) is 42.1 Å². The third-order valence-electron chi connectivity index (χ3n) is 3.59. The third kappa shape index (κ3) is 3.37. The van der Waals surface area contributed by atoms with Crippen molar-refractivity contribution in [3.63, 3.8) is 0 Å². The lowest BCUT2D eigenvalue weighted by Crippen LogP contribution is -2.28. The molecule has 116 valence electrons. The van der Waals surface area contributed by atoms with E-state index in [0.717, 1.165) is 19.4 Å². The molecule has 1 atom stereocenters. The average molecular weight is 337 g/mol. The van der Waals surface area contributed by atoms with Gasteiger partial charge >= 0.3 is 0 Å². The van der Waals surface area contributed by atoms with Crippen LogP contribution in [0.3, 0.4) is 0 Å². The summed E-state index contributed by atoms with van der Waals surface area (Å²) >= 11 is 7.29. The van der Waals surface area contributed by atoms with Crippen LogP contribution in [0.25, 0.3) is 10.9 Å². The molecule has 0 amide bonds. The second kappa shape index (κ2) is 6.86. The van der Waals surface area contributed by atoms with Gasteiger partial charge in [-0.2, -0.15) is 0 Å². The number of aromatic nitrogens is 2. The molecule has 4 nitrogen and oxygen atoms in total. The number of rotatable bonds is 5. The van der Waals surface area contributed by atoms with Crippen molar-refractivity contribution in [2.45, 2.75) is 30.6 Å². The summed E-state index contributed by atoms with van der Waals surface area (Å²) in [6, 6.07) is 7.40. The van der Waals surface area contributed by atoms with Crippen LogP contribution < -0.4 is 5.56 Å². The molecule has 1 fully saturated rings. The predicted octanol–water partition coefficient (Wildman–Crippen LogP) is 3.42. The maximum atomic E-state index is 12.8. The fraction of sp³-hybridized carbons (Fsp3) is 0.375. The van der Waals surface area contributed by atoms with E-state index in [0.29, 0.717) is 33.4 Å². The Bertz CT molecular complexity index is 753. The van der Waals surface area contributed by atoms with Gasteiger partial charge in [0.2, 0.25) is 0 Å². The molecule has 6 heteroatoms. The zero-order valence-electron chi connectivity index (χ0n) is 12.1. The number of halogens is 1. The third-order valence-corrected chi connectivity index (χ3v) is 4.95. The number of para-hydroxylation sites is 1. The summed E-state index contributed by atoms with van der Waals surface area (Å²) in [5.41, 5.74) is 0.683. The lowest BCUT2D eigenvalue weighted by molar-refractivity contribution is 0.0937. The minimum atomic E-state index is -0.0243. The van der Waals surface area contributed by atoms with Crippen LogP contribution in [-0.2, 0) is 11.3 Å². The first-order chi connectivity index (χ1) is 10.6. The van der Waals surface area contributed by atoms with Gasteiger partial charge in [0.25, 0.3) is 5.56 Å². The number of nitrogens with zero attached hydrogens (tertiary/aromatic N) is 2. The summed E-state index contributed by atoms with van der Waals surface area (Å²) in [5, 5.41) is 1.84. The highest BCUT2D eigenvalue weighted by molar-refractivity contribution is 7.99. The number of hydrogen-bond donors (Lipinski definition) is 0. The first-order valence-corrected chi connectivity index (χ1v) is 8.59. The molecule has 2 heterocycles. The van der Waals surface area contributed by atoms with Crippen molar-refractivity contribution in [3.05, 3.63) is 46.2 Å². The Morgan fingerprint density at radius 2 is 2.32 bits per heavy atom. The number of fused-ring (bicyclic) bond motifs is 1. The molecule has 1 unspecified atom stereocenters. The second-order valence-corrected chi connectivity index (χ2v) is 6.75. The molecule has 22 heavy (non-hydrogen) atoms. The van der Waals surface area contributed by atoms with Crippen molar-refractivity contribution >= 4 is 34.3 Å². The minimum Gasteiger partial charge on any atom is -0.376 e. The molecule has 1 saturated heterocycles. The molecule has 0 aliphatic carbocycles. The normalized spacial score (nSPS) is 18.0. The first kappa shape index (κ1) is 15.6. The van der Waals surface area contributed by atoms with Crippen molar-refractivity contribution < 1.29 is 4.74 Å². The smallest absolute Gasteiger partial charge is 0.262 e. The number of hydrogen-bond acceptors (Lipinski definition) is 4. The number of ether oxygens (including phenoxy) is 1. The fourth-order valence-electron chi connectivity index (χ4n) is 2.55. The minimum absolute atomic E-state index is 0.0243. The maximum Gasteiger partial charge on any atom is 0.262 e. The van der Waals surface area contributed by atoms with E-state index in [9.17, 15) is 4.79 Å². The summed E-state index contributed by atoms with van der Waals surface area (Å²) < 4.78 is 7.38. The van der Waals surface area contributed by atoms with Gasteiger partial charge in [-0.25, -0.2) is 4.98 Å². The van der Waals surface area contributed by atoms with E-state index in [4.69, 9.17) is 16.3 Å². The maximum absolute atomic E-state index is 12.8. The standard InChI is InChI=1S/C16H17ClN2O2S/c1-11(17)10-22-16-18-14-7-3-2-6-13(14)15(20)19(16)9-12-5-4-8-21-12/h2-3,6-7,12H,1,4-5,8-10H2. The summed E-state index contributed by atoms with van der Waals surface area (Å²) in [5.74, 6) is 0.526. The van der Waals surface area contributed by atoms with Gasteiger partial charge in [0.15, 0.2) is 5.16 Å². The predicted molar refractivity (Wildman–Crippen MR) is 90.7 cm³/mol. The van der Waals surface area contributed by atoms with E-state index >= 15 is 0 Å². The molecular formula is C16H17ClN2O2S. The topological polar surface area (TPSA) is 44.1 Å². The summed E-state index contributed by atoms with van der Waals surface area (Å²) in [7, 11) is 0. The van der Waals surface area contributed by atoms with E-state index in [2.05, 4.69) is 11.6 Å². The van der Waals surface area contributed by atoms with Gasteiger partial charge in [0.1, 0.15) is 0 Å². The van der Waals surface area contributed by atoms with Gasteiger partial charge in [-0.05, 0) is 25.0 Å². The van der Waals surface area contributed by atoms with E-state index in [1.807, 2.05) is 24.3 Å². The highest BCUT2D eigenvalue weighted by Crippen LogP contribution is 2.22.